The molecule has 2 aromatic carbocycles. The van der Waals surface area contributed by atoms with Crippen LogP contribution in [0.25, 0.3) is 0 Å². The average molecular weight is 371 g/mol. The summed E-state index contributed by atoms with van der Waals surface area (Å²) in [7, 11) is 1.59. The maximum Gasteiger partial charge on any atom is 0.341 e. The second-order valence-electron chi connectivity index (χ2n) is 5.52. The van der Waals surface area contributed by atoms with E-state index in [4.69, 9.17) is 14.6 Å². The van der Waals surface area contributed by atoms with E-state index in [0.29, 0.717) is 17.0 Å². The first-order chi connectivity index (χ1) is 13.0. The van der Waals surface area contributed by atoms with Gasteiger partial charge in [0.2, 0.25) is 0 Å². The lowest BCUT2D eigenvalue weighted by Crippen LogP contribution is -2.26. The summed E-state index contributed by atoms with van der Waals surface area (Å²) in [6, 6.07) is 14.0. The molecular weight excluding hydrogens is 350 g/mol. The van der Waals surface area contributed by atoms with E-state index < -0.39 is 12.6 Å². The molecule has 0 saturated carbocycles. The third-order valence-corrected chi connectivity index (χ3v) is 3.51. The number of nitrogens with one attached hydrogen (secondary N) is 2. The van der Waals surface area contributed by atoms with Gasteiger partial charge in [-0.1, -0.05) is 12.1 Å². The SMILES string of the molecule is COc1ccc(NCC(=O)N/N=C(/C)c2cccc(OCC(=O)O)c2)cc1. The molecule has 0 fully saturated rings. The number of hydrazone groups is 1. The molecule has 0 bridgehead atoms. The molecule has 0 spiro atoms. The minimum absolute atomic E-state index is 0.0604. The van der Waals surface area contributed by atoms with Crippen LogP contribution >= 0.6 is 0 Å². The molecule has 0 aromatic heterocycles. The molecule has 8 heteroatoms. The summed E-state index contributed by atoms with van der Waals surface area (Å²) in [4.78, 5) is 22.5. The molecule has 0 saturated heterocycles. The van der Waals surface area contributed by atoms with Crippen molar-refractivity contribution in [3.8, 4) is 11.5 Å². The normalized spacial score (nSPS) is 10.8. The molecule has 2 rings (SSSR count). The lowest BCUT2D eigenvalue weighted by molar-refractivity contribution is -0.139. The van der Waals surface area contributed by atoms with Crippen molar-refractivity contribution in [1.29, 1.82) is 0 Å². The summed E-state index contributed by atoms with van der Waals surface area (Å²) in [5.74, 6) is -0.206. The zero-order valence-corrected chi connectivity index (χ0v) is 15.1. The number of hydrogen-bond donors (Lipinski definition) is 3. The Kier molecular flexibility index (Phi) is 7.18. The summed E-state index contributed by atoms with van der Waals surface area (Å²) in [6.07, 6.45) is 0. The largest absolute Gasteiger partial charge is 0.497 e. The van der Waals surface area contributed by atoms with Crippen molar-refractivity contribution in [3.05, 3.63) is 54.1 Å². The smallest absolute Gasteiger partial charge is 0.341 e. The first-order valence-electron chi connectivity index (χ1n) is 8.14. The van der Waals surface area contributed by atoms with Crippen LogP contribution in [-0.4, -0.2) is 43.0 Å². The van der Waals surface area contributed by atoms with Crippen molar-refractivity contribution >= 4 is 23.3 Å². The average Bonchev–Trinajstić information content (AvgIpc) is 2.69. The molecule has 142 valence electrons. The van der Waals surface area contributed by atoms with Crippen molar-refractivity contribution in [1.82, 2.24) is 5.43 Å². The van der Waals surface area contributed by atoms with Crippen LogP contribution in [0.15, 0.2) is 53.6 Å². The summed E-state index contributed by atoms with van der Waals surface area (Å²) in [6.45, 7) is 1.37. The van der Waals surface area contributed by atoms with Crippen molar-refractivity contribution < 1.29 is 24.2 Å². The summed E-state index contributed by atoms with van der Waals surface area (Å²) < 4.78 is 10.2. The van der Waals surface area contributed by atoms with Crippen LogP contribution in [-0.2, 0) is 9.59 Å². The predicted molar refractivity (Wildman–Crippen MR) is 101 cm³/mol. The van der Waals surface area contributed by atoms with Crippen LogP contribution in [0.1, 0.15) is 12.5 Å². The zero-order valence-electron chi connectivity index (χ0n) is 15.1. The molecule has 0 atom stereocenters. The molecule has 2 aromatic rings. The fourth-order valence-electron chi connectivity index (χ4n) is 2.10. The van der Waals surface area contributed by atoms with Gasteiger partial charge < -0.3 is 19.9 Å². The highest BCUT2D eigenvalue weighted by Crippen LogP contribution is 2.15. The van der Waals surface area contributed by atoms with Gasteiger partial charge in [-0.2, -0.15) is 5.10 Å². The lowest BCUT2D eigenvalue weighted by Gasteiger charge is -2.08. The van der Waals surface area contributed by atoms with Crippen LogP contribution in [0.5, 0.6) is 11.5 Å². The number of ether oxygens (including phenoxy) is 2. The van der Waals surface area contributed by atoms with Crippen molar-refractivity contribution in [2.24, 2.45) is 5.10 Å². The Morgan fingerprint density at radius 2 is 1.85 bits per heavy atom. The number of carboxylic acid groups (broad SMARTS) is 1. The number of carbonyl (C=O) groups excluding carboxylic acids is 1. The van der Waals surface area contributed by atoms with E-state index >= 15 is 0 Å². The maximum absolute atomic E-state index is 11.9. The highest BCUT2D eigenvalue weighted by Gasteiger charge is 2.04. The number of carboxylic acids is 1. The van der Waals surface area contributed by atoms with E-state index in [1.807, 2.05) is 12.1 Å². The van der Waals surface area contributed by atoms with Gasteiger partial charge in [-0.25, -0.2) is 10.2 Å². The number of rotatable bonds is 9. The molecule has 3 N–H and O–H groups in total. The molecule has 8 nitrogen and oxygen atoms in total. The van der Waals surface area contributed by atoms with Crippen LogP contribution < -0.4 is 20.2 Å². The Morgan fingerprint density at radius 1 is 1.11 bits per heavy atom. The number of benzene rings is 2. The first-order valence-corrected chi connectivity index (χ1v) is 8.14. The van der Waals surface area contributed by atoms with Gasteiger partial charge in [0, 0.05) is 11.3 Å². The highest BCUT2D eigenvalue weighted by molar-refractivity contribution is 5.99. The first kappa shape index (κ1) is 19.8. The van der Waals surface area contributed by atoms with Crippen molar-refractivity contribution in [2.45, 2.75) is 6.92 Å². The molecule has 1 amide bonds. The van der Waals surface area contributed by atoms with Crippen LogP contribution in [0.4, 0.5) is 5.69 Å². The van der Waals surface area contributed by atoms with E-state index in [2.05, 4.69) is 15.8 Å². The van der Waals surface area contributed by atoms with Gasteiger partial charge >= 0.3 is 5.97 Å². The van der Waals surface area contributed by atoms with Crippen LogP contribution in [0.3, 0.4) is 0 Å². The molecule has 27 heavy (non-hydrogen) atoms. The second-order valence-corrected chi connectivity index (χ2v) is 5.52. The minimum Gasteiger partial charge on any atom is -0.497 e. The van der Waals surface area contributed by atoms with Crippen molar-refractivity contribution in [3.63, 3.8) is 0 Å². The summed E-state index contributed by atoms with van der Waals surface area (Å²) >= 11 is 0. The molecule has 0 aliphatic heterocycles. The van der Waals surface area contributed by atoms with E-state index in [-0.39, 0.29) is 12.5 Å². The van der Waals surface area contributed by atoms with E-state index in [0.717, 1.165) is 11.4 Å². The highest BCUT2D eigenvalue weighted by atomic mass is 16.5. The predicted octanol–water partition coefficient (Wildman–Crippen LogP) is 2.11. The number of methoxy groups -OCH3 is 1. The fourth-order valence-corrected chi connectivity index (χ4v) is 2.10. The Morgan fingerprint density at radius 3 is 2.52 bits per heavy atom. The maximum atomic E-state index is 11.9. The van der Waals surface area contributed by atoms with Gasteiger partial charge in [0.25, 0.3) is 5.91 Å². The molecule has 0 unspecified atom stereocenters. The third kappa shape index (κ3) is 6.69. The number of anilines is 1. The number of hydrogen-bond acceptors (Lipinski definition) is 6. The van der Waals surface area contributed by atoms with E-state index in [1.54, 1.807) is 50.4 Å². The van der Waals surface area contributed by atoms with Gasteiger partial charge in [0.15, 0.2) is 6.61 Å². The van der Waals surface area contributed by atoms with Gasteiger partial charge in [-0.15, -0.1) is 0 Å². The number of nitrogens with zero attached hydrogens (tertiary/aromatic N) is 1. The van der Waals surface area contributed by atoms with Gasteiger partial charge in [-0.3, -0.25) is 4.79 Å². The number of amides is 1. The monoisotopic (exact) mass is 371 g/mol. The Labute approximate surface area is 156 Å². The number of aliphatic carboxylic acids is 1. The third-order valence-electron chi connectivity index (χ3n) is 3.51. The minimum atomic E-state index is -1.05. The van der Waals surface area contributed by atoms with Gasteiger partial charge in [0.1, 0.15) is 11.5 Å². The number of carbonyl (C=O) groups is 2. The summed E-state index contributed by atoms with van der Waals surface area (Å²) in [5.41, 5.74) is 4.53. The molecule has 0 aliphatic rings. The fraction of sp³-hybridized carbons (Fsp3) is 0.211. The van der Waals surface area contributed by atoms with Crippen molar-refractivity contribution in [2.75, 3.05) is 25.6 Å². The molecule has 0 radical (unpaired) electrons. The Hall–Kier alpha value is -3.55. The van der Waals surface area contributed by atoms with Crippen LogP contribution in [0, 0.1) is 0 Å². The van der Waals surface area contributed by atoms with Crippen LogP contribution in [0.2, 0.25) is 0 Å². The molecule has 0 aliphatic carbocycles. The molecular formula is C19H21N3O5. The topological polar surface area (TPSA) is 109 Å². The second kappa shape index (κ2) is 9.81. The lowest BCUT2D eigenvalue weighted by atomic mass is 10.1. The van der Waals surface area contributed by atoms with E-state index in [1.165, 1.54) is 0 Å². The summed E-state index contributed by atoms with van der Waals surface area (Å²) in [5, 5.41) is 15.7. The van der Waals surface area contributed by atoms with Gasteiger partial charge in [0.05, 0.1) is 19.4 Å². The standard InChI is InChI=1S/C19H21N3O5/c1-13(14-4-3-5-17(10-14)27-12-19(24)25)21-22-18(23)11-20-15-6-8-16(26-2)9-7-15/h3-10,20H,11-12H2,1-2H3,(H,22,23)(H,24,25)/b21-13-. The quantitative estimate of drug-likeness (QED) is 0.460. The molecule has 0 heterocycles. The Balaban J connectivity index is 1.87. The van der Waals surface area contributed by atoms with E-state index in [9.17, 15) is 9.59 Å². The zero-order chi connectivity index (χ0) is 19.6. The Bertz CT molecular complexity index is 818. The van der Waals surface area contributed by atoms with Gasteiger partial charge in [-0.05, 0) is 43.3 Å².